The van der Waals surface area contributed by atoms with Gasteiger partial charge in [-0.2, -0.15) is 0 Å². The zero-order valence-corrected chi connectivity index (χ0v) is 14.2. The Balaban J connectivity index is 0.00000220. The molecule has 1 amide bonds. The fraction of sp³-hybridized carbons (Fsp3) is 0.562. The molecule has 1 saturated heterocycles. The van der Waals surface area contributed by atoms with E-state index in [0.29, 0.717) is 0 Å². The summed E-state index contributed by atoms with van der Waals surface area (Å²) in [5, 5.41) is 4.10. The molecule has 1 N–H and O–H groups in total. The summed E-state index contributed by atoms with van der Waals surface area (Å²) in [6.45, 7) is 6.58. The van der Waals surface area contributed by atoms with Gasteiger partial charge in [0.2, 0.25) is 5.91 Å². The summed E-state index contributed by atoms with van der Waals surface area (Å²) in [5.74, 6) is 0.359. The number of benzene rings is 1. The Bertz CT molecular complexity index is 467. The normalized spacial score (nSPS) is 19.8. The molecular weight excluding hydrogens is 307 g/mol. The van der Waals surface area contributed by atoms with Gasteiger partial charge in [0.15, 0.2) is 0 Å². The fourth-order valence-corrected chi connectivity index (χ4v) is 3.02. The van der Waals surface area contributed by atoms with Crippen LogP contribution >= 0.6 is 24.0 Å². The first-order valence-electron chi connectivity index (χ1n) is 7.40. The monoisotopic (exact) mass is 330 g/mol. The molecule has 1 aliphatic heterocycles. The van der Waals surface area contributed by atoms with Gasteiger partial charge in [-0.25, -0.2) is 0 Å². The van der Waals surface area contributed by atoms with Gasteiger partial charge in [-0.15, -0.1) is 12.4 Å². The van der Waals surface area contributed by atoms with Crippen LogP contribution in [0.1, 0.15) is 38.3 Å². The molecule has 0 saturated carbocycles. The maximum atomic E-state index is 12.6. The molecule has 0 spiro atoms. The lowest BCUT2D eigenvalue weighted by Crippen LogP contribution is -2.50. The molecule has 21 heavy (non-hydrogen) atoms. The average Bonchev–Trinajstić information content (AvgIpc) is 2.47. The number of piperazine rings is 1. The molecule has 2 unspecified atom stereocenters. The van der Waals surface area contributed by atoms with Crippen molar-refractivity contribution in [1.29, 1.82) is 0 Å². The minimum atomic E-state index is 0. The number of nitrogens with one attached hydrogen (secondary N) is 1. The minimum Gasteiger partial charge on any atom is -0.333 e. The predicted octanol–water partition coefficient (Wildman–Crippen LogP) is 3.67. The smallest absolute Gasteiger partial charge is 0.226 e. The van der Waals surface area contributed by atoms with E-state index >= 15 is 0 Å². The number of halogens is 2. The van der Waals surface area contributed by atoms with Crippen LogP contribution in [0.15, 0.2) is 24.3 Å². The Labute approximate surface area is 138 Å². The summed E-state index contributed by atoms with van der Waals surface area (Å²) in [7, 11) is 0. The van der Waals surface area contributed by atoms with Crippen molar-refractivity contribution >= 4 is 29.9 Å². The lowest BCUT2D eigenvalue weighted by atomic mass is 9.99. The molecule has 118 valence electrons. The summed E-state index contributed by atoms with van der Waals surface area (Å²) in [6.07, 6.45) is 1.99. The summed E-state index contributed by atoms with van der Waals surface area (Å²) >= 11 is 6.08. The minimum absolute atomic E-state index is 0. The van der Waals surface area contributed by atoms with E-state index in [0.717, 1.165) is 43.1 Å². The maximum absolute atomic E-state index is 12.6. The van der Waals surface area contributed by atoms with Crippen LogP contribution in [0.2, 0.25) is 5.02 Å². The standard InChI is InChI=1S/C16H23ClN2O.ClH/c1-3-5-12(2)16(20)19-9-8-18-11-15(19)13-6-4-7-14(17)10-13;/h4,6-7,10,12,15,18H,3,5,8-9,11H2,1-2H3;1H. The molecule has 1 heterocycles. The lowest BCUT2D eigenvalue weighted by Gasteiger charge is -2.38. The Kier molecular flexibility index (Phi) is 7.50. The molecule has 5 heteroatoms. The average molecular weight is 331 g/mol. The predicted molar refractivity (Wildman–Crippen MR) is 90.1 cm³/mol. The van der Waals surface area contributed by atoms with Crippen molar-refractivity contribution < 1.29 is 4.79 Å². The zero-order chi connectivity index (χ0) is 14.5. The number of nitrogens with zero attached hydrogens (tertiary/aromatic N) is 1. The van der Waals surface area contributed by atoms with Crippen LogP contribution in [0.3, 0.4) is 0 Å². The van der Waals surface area contributed by atoms with Crippen molar-refractivity contribution in [2.45, 2.75) is 32.7 Å². The van der Waals surface area contributed by atoms with Gasteiger partial charge in [0.25, 0.3) is 0 Å². The van der Waals surface area contributed by atoms with E-state index in [1.54, 1.807) is 0 Å². The van der Waals surface area contributed by atoms with Crippen molar-refractivity contribution in [3.8, 4) is 0 Å². The highest BCUT2D eigenvalue weighted by molar-refractivity contribution is 6.30. The highest BCUT2D eigenvalue weighted by Crippen LogP contribution is 2.26. The molecule has 1 aromatic rings. The van der Waals surface area contributed by atoms with Crippen LogP contribution in [-0.4, -0.2) is 30.4 Å². The van der Waals surface area contributed by atoms with Gasteiger partial charge in [0, 0.05) is 30.6 Å². The van der Waals surface area contributed by atoms with Gasteiger partial charge in [0.1, 0.15) is 0 Å². The molecule has 0 radical (unpaired) electrons. The third kappa shape index (κ3) is 4.60. The highest BCUT2D eigenvalue weighted by Gasteiger charge is 2.30. The van der Waals surface area contributed by atoms with Crippen molar-refractivity contribution in [3.05, 3.63) is 34.9 Å². The SMILES string of the molecule is CCCC(C)C(=O)N1CCNCC1c1cccc(Cl)c1.Cl. The number of carbonyl (C=O) groups is 1. The van der Waals surface area contributed by atoms with E-state index < -0.39 is 0 Å². The summed E-state index contributed by atoms with van der Waals surface area (Å²) in [5.41, 5.74) is 1.11. The van der Waals surface area contributed by atoms with E-state index in [2.05, 4.69) is 12.2 Å². The quantitative estimate of drug-likeness (QED) is 0.913. The van der Waals surface area contributed by atoms with Gasteiger partial charge >= 0.3 is 0 Å². The summed E-state index contributed by atoms with van der Waals surface area (Å²) in [6, 6.07) is 7.92. The summed E-state index contributed by atoms with van der Waals surface area (Å²) < 4.78 is 0. The molecule has 2 rings (SSSR count). The molecule has 3 nitrogen and oxygen atoms in total. The van der Waals surface area contributed by atoms with E-state index in [-0.39, 0.29) is 30.3 Å². The van der Waals surface area contributed by atoms with E-state index in [1.807, 2.05) is 36.1 Å². The van der Waals surface area contributed by atoms with Crippen LogP contribution in [0, 0.1) is 5.92 Å². The first kappa shape index (κ1) is 18.3. The maximum Gasteiger partial charge on any atom is 0.226 e. The molecular formula is C16H24Cl2N2O. The molecule has 1 aromatic carbocycles. The van der Waals surface area contributed by atoms with Gasteiger partial charge < -0.3 is 10.2 Å². The van der Waals surface area contributed by atoms with Gasteiger partial charge in [0.05, 0.1) is 6.04 Å². The van der Waals surface area contributed by atoms with Crippen LogP contribution in [0.5, 0.6) is 0 Å². The Morgan fingerprint density at radius 3 is 2.95 bits per heavy atom. The second kappa shape index (κ2) is 8.62. The molecule has 2 atom stereocenters. The number of hydrogen-bond donors (Lipinski definition) is 1. The van der Waals surface area contributed by atoms with Gasteiger partial charge in [-0.1, -0.05) is 44.0 Å². The number of rotatable bonds is 4. The van der Waals surface area contributed by atoms with Crippen LogP contribution < -0.4 is 5.32 Å². The zero-order valence-electron chi connectivity index (χ0n) is 12.6. The Hall–Kier alpha value is -0.770. The van der Waals surface area contributed by atoms with Crippen LogP contribution in [-0.2, 0) is 4.79 Å². The van der Waals surface area contributed by atoms with Crippen LogP contribution in [0.25, 0.3) is 0 Å². The molecule has 0 aromatic heterocycles. The second-order valence-corrected chi connectivity index (χ2v) is 5.93. The van der Waals surface area contributed by atoms with Crippen LogP contribution in [0.4, 0.5) is 0 Å². The number of amides is 1. The van der Waals surface area contributed by atoms with Gasteiger partial charge in [-0.3, -0.25) is 4.79 Å². The van der Waals surface area contributed by atoms with E-state index in [4.69, 9.17) is 11.6 Å². The first-order chi connectivity index (χ1) is 9.63. The first-order valence-corrected chi connectivity index (χ1v) is 7.78. The molecule has 1 aliphatic rings. The third-order valence-corrected chi connectivity index (χ3v) is 4.14. The molecule has 1 fully saturated rings. The summed E-state index contributed by atoms with van der Waals surface area (Å²) in [4.78, 5) is 14.6. The van der Waals surface area contributed by atoms with E-state index in [1.165, 1.54) is 0 Å². The number of hydrogen-bond acceptors (Lipinski definition) is 2. The Morgan fingerprint density at radius 1 is 1.52 bits per heavy atom. The largest absolute Gasteiger partial charge is 0.333 e. The highest BCUT2D eigenvalue weighted by atomic mass is 35.5. The van der Waals surface area contributed by atoms with E-state index in [9.17, 15) is 4.79 Å². The molecule has 0 aliphatic carbocycles. The van der Waals surface area contributed by atoms with Crippen molar-refractivity contribution in [3.63, 3.8) is 0 Å². The number of carbonyl (C=O) groups excluding carboxylic acids is 1. The lowest BCUT2D eigenvalue weighted by molar-refractivity contribution is -0.138. The van der Waals surface area contributed by atoms with Crippen molar-refractivity contribution in [1.82, 2.24) is 10.2 Å². The third-order valence-electron chi connectivity index (χ3n) is 3.90. The van der Waals surface area contributed by atoms with Crippen molar-refractivity contribution in [2.24, 2.45) is 5.92 Å². The Morgan fingerprint density at radius 2 is 2.29 bits per heavy atom. The second-order valence-electron chi connectivity index (χ2n) is 5.50. The fourth-order valence-electron chi connectivity index (χ4n) is 2.82. The van der Waals surface area contributed by atoms with Gasteiger partial charge in [-0.05, 0) is 24.1 Å². The van der Waals surface area contributed by atoms with Crippen molar-refractivity contribution in [2.75, 3.05) is 19.6 Å². The topological polar surface area (TPSA) is 32.3 Å². The molecule has 0 bridgehead atoms.